The van der Waals surface area contributed by atoms with Crippen molar-refractivity contribution in [1.82, 2.24) is 19.5 Å². The van der Waals surface area contributed by atoms with E-state index in [0.717, 1.165) is 51.4 Å². The predicted molar refractivity (Wildman–Crippen MR) is 268 cm³/mol. The van der Waals surface area contributed by atoms with Gasteiger partial charge in [0, 0.05) is 82.5 Å². The third-order valence-electron chi connectivity index (χ3n) is 11.1. The van der Waals surface area contributed by atoms with Crippen LogP contribution in [0.5, 0.6) is 0 Å². The van der Waals surface area contributed by atoms with E-state index < -0.39 is 0 Å². The zero-order valence-corrected chi connectivity index (χ0v) is 36.3. The van der Waals surface area contributed by atoms with E-state index in [1.165, 1.54) is 58.7 Å². The predicted octanol–water partition coefficient (Wildman–Crippen LogP) is 16.3. The quantitative estimate of drug-likeness (QED) is 0.192. The summed E-state index contributed by atoms with van der Waals surface area (Å²) in [5.74, 6) is 0. The van der Waals surface area contributed by atoms with E-state index in [9.17, 15) is 0 Å². The van der Waals surface area contributed by atoms with E-state index in [4.69, 9.17) is 4.98 Å². The number of aromatic amines is 1. The Morgan fingerprint density at radius 2 is 1.24 bits per heavy atom. The summed E-state index contributed by atoms with van der Waals surface area (Å²) in [7, 11) is 0. The minimum absolute atomic E-state index is 0.964. The number of para-hydroxylation sites is 2. The van der Waals surface area contributed by atoms with E-state index in [-0.39, 0.29) is 0 Å². The molecule has 0 amide bonds. The number of hydrogen-bond acceptors (Lipinski definition) is 3. The van der Waals surface area contributed by atoms with Crippen LogP contribution in [0.25, 0.3) is 99.2 Å². The molecule has 0 saturated carbocycles. The third-order valence-corrected chi connectivity index (χ3v) is 12.4. The number of H-pyrrole nitrogens is 1. The van der Waals surface area contributed by atoms with Crippen LogP contribution in [0.4, 0.5) is 0 Å². The van der Waals surface area contributed by atoms with Crippen LogP contribution in [-0.2, 0) is 6.42 Å². The first kappa shape index (κ1) is 40.1. The Bertz CT molecular complexity index is 3370. The molecule has 1 aliphatic carbocycles. The zero-order valence-electron chi connectivity index (χ0n) is 35.5. The highest BCUT2D eigenvalue weighted by molar-refractivity contribution is 7.20. The number of aromatic nitrogens is 4. The molecule has 0 radical (unpaired) electrons. The van der Waals surface area contributed by atoms with Gasteiger partial charge in [-0.2, -0.15) is 0 Å². The van der Waals surface area contributed by atoms with Crippen molar-refractivity contribution in [3.63, 3.8) is 0 Å². The number of hydrogen-bond donors (Lipinski definition) is 1. The minimum atomic E-state index is 0.964. The van der Waals surface area contributed by atoms with Crippen LogP contribution in [0.2, 0.25) is 0 Å². The smallest absolute Gasteiger partial charge is 0.0716 e. The van der Waals surface area contributed by atoms with Crippen molar-refractivity contribution in [3.8, 4) is 39.5 Å². The first-order valence-electron chi connectivity index (χ1n) is 21.6. The van der Waals surface area contributed by atoms with Gasteiger partial charge in [-0.3, -0.25) is 4.98 Å². The van der Waals surface area contributed by atoms with Crippen LogP contribution in [0.15, 0.2) is 194 Å². The molecule has 62 heavy (non-hydrogen) atoms. The first-order chi connectivity index (χ1) is 30.8. The Kier molecular flexibility index (Phi) is 11.7. The highest BCUT2D eigenvalue weighted by Gasteiger charge is 2.18. The number of benzene rings is 6. The van der Waals surface area contributed by atoms with Crippen LogP contribution >= 0.6 is 11.3 Å². The standard InChI is InChI=1S/C35H23N3.C18H13NS.2C2H6/c1-2-10-23(11-3-1)29-17-9-18-30(36-29)24-12-8-13-25(22-24)38-33-19-7-5-14-26(33)27-20-21-32-34(35(27)38)28-15-4-6-16-31(28)37-32;1-2-7-13-14-8-6-9-15(16-10-4-5-12-19-16)18(14)20-17(13)11-3-1;2*1-2/h1-22,37H;1-10,12H,11H2;2*1-2H3. The maximum Gasteiger partial charge on any atom is 0.0716 e. The lowest BCUT2D eigenvalue weighted by Crippen LogP contribution is -1.95. The fourth-order valence-corrected chi connectivity index (χ4v) is 9.76. The summed E-state index contributed by atoms with van der Waals surface area (Å²) in [4.78, 5) is 14.6. The fourth-order valence-electron chi connectivity index (χ4n) is 8.48. The summed E-state index contributed by atoms with van der Waals surface area (Å²) in [6.07, 6.45) is 11.6. The molecule has 5 heterocycles. The molecule has 0 saturated heterocycles. The molecule has 5 aromatic heterocycles. The first-order valence-corrected chi connectivity index (χ1v) is 22.4. The summed E-state index contributed by atoms with van der Waals surface area (Å²) in [6, 6.07) is 59.7. The van der Waals surface area contributed by atoms with E-state index >= 15 is 0 Å². The molecule has 12 rings (SSSR count). The van der Waals surface area contributed by atoms with Crippen LogP contribution in [0.1, 0.15) is 38.1 Å². The number of pyridine rings is 2. The Balaban J connectivity index is 0.000000172. The number of allylic oxidation sites excluding steroid dienone is 3. The second-order valence-electron chi connectivity index (χ2n) is 14.6. The fraction of sp³-hybridized carbons (Fsp3) is 0.0877. The summed E-state index contributed by atoms with van der Waals surface area (Å²) in [5, 5.41) is 6.35. The molecular weight excluding hydrogens is 773 g/mol. The highest BCUT2D eigenvalue weighted by atomic mass is 32.1. The maximum atomic E-state index is 5.03. The van der Waals surface area contributed by atoms with Crippen molar-refractivity contribution < 1.29 is 0 Å². The van der Waals surface area contributed by atoms with Gasteiger partial charge < -0.3 is 9.55 Å². The van der Waals surface area contributed by atoms with Gasteiger partial charge in [-0.25, -0.2) is 4.98 Å². The van der Waals surface area contributed by atoms with Gasteiger partial charge in [0.2, 0.25) is 0 Å². The van der Waals surface area contributed by atoms with Crippen LogP contribution in [-0.4, -0.2) is 19.5 Å². The molecule has 302 valence electrons. The number of nitrogens with one attached hydrogen (secondary N) is 1. The van der Waals surface area contributed by atoms with Gasteiger partial charge in [0.15, 0.2) is 0 Å². The van der Waals surface area contributed by atoms with E-state index in [0.29, 0.717) is 0 Å². The van der Waals surface area contributed by atoms with E-state index in [1.807, 2.05) is 63.4 Å². The summed E-state index contributed by atoms with van der Waals surface area (Å²) in [6.45, 7) is 8.00. The summed E-state index contributed by atoms with van der Waals surface area (Å²) in [5.41, 5.74) is 13.7. The zero-order chi connectivity index (χ0) is 42.4. The molecule has 0 aliphatic heterocycles. The van der Waals surface area contributed by atoms with Gasteiger partial charge in [-0.15, -0.1) is 11.3 Å². The Morgan fingerprint density at radius 1 is 0.548 bits per heavy atom. The van der Waals surface area contributed by atoms with Gasteiger partial charge in [0.25, 0.3) is 0 Å². The topological polar surface area (TPSA) is 46.5 Å². The molecule has 6 aromatic carbocycles. The van der Waals surface area contributed by atoms with Gasteiger partial charge in [0.1, 0.15) is 0 Å². The molecule has 0 spiro atoms. The molecule has 4 nitrogen and oxygen atoms in total. The van der Waals surface area contributed by atoms with Crippen molar-refractivity contribution in [1.29, 1.82) is 0 Å². The van der Waals surface area contributed by atoms with Crippen LogP contribution in [0.3, 0.4) is 0 Å². The third kappa shape index (κ3) is 7.42. The molecule has 0 unspecified atom stereocenters. The lowest BCUT2D eigenvalue weighted by molar-refractivity contribution is 1.18. The molecule has 1 N–H and O–H groups in total. The largest absolute Gasteiger partial charge is 0.354 e. The second kappa shape index (κ2) is 18.1. The second-order valence-corrected chi connectivity index (χ2v) is 15.7. The van der Waals surface area contributed by atoms with Crippen LogP contribution in [0, 0.1) is 0 Å². The molecule has 5 heteroatoms. The summed E-state index contributed by atoms with van der Waals surface area (Å²) < 4.78 is 3.76. The van der Waals surface area contributed by atoms with Gasteiger partial charge >= 0.3 is 0 Å². The number of fused-ring (bicyclic) bond motifs is 10. The number of nitrogens with zero attached hydrogens (tertiary/aromatic N) is 3. The Hall–Kier alpha value is -7.34. The van der Waals surface area contributed by atoms with Gasteiger partial charge in [-0.05, 0) is 60.2 Å². The number of thiophene rings is 1. The highest BCUT2D eigenvalue weighted by Crippen LogP contribution is 2.41. The molecule has 11 aromatic rings. The average molecular weight is 821 g/mol. The monoisotopic (exact) mass is 820 g/mol. The van der Waals surface area contributed by atoms with Crippen molar-refractivity contribution >= 4 is 71.1 Å². The molecule has 0 bridgehead atoms. The molecule has 0 fully saturated rings. The molecular formula is C57H48N4S. The molecule has 1 aliphatic rings. The normalized spacial score (nSPS) is 11.7. The number of rotatable bonds is 4. The van der Waals surface area contributed by atoms with E-state index in [1.54, 1.807) is 0 Å². The van der Waals surface area contributed by atoms with Gasteiger partial charge in [-0.1, -0.05) is 167 Å². The van der Waals surface area contributed by atoms with Crippen molar-refractivity contribution in [2.45, 2.75) is 34.1 Å². The summed E-state index contributed by atoms with van der Waals surface area (Å²) >= 11 is 1.89. The minimum Gasteiger partial charge on any atom is -0.354 e. The van der Waals surface area contributed by atoms with Crippen molar-refractivity contribution in [2.75, 3.05) is 0 Å². The van der Waals surface area contributed by atoms with Crippen molar-refractivity contribution in [3.05, 3.63) is 205 Å². The van der Waals surface area contributed by atoms with Crippen LogP contribution < -0.4 is 0 Å². The Morgan fingerprint density at radius 3 is 2.08 bits per heavy atom. The lowest BCUT2D eigenvalue weighted by atomic mass is 10.0. The van der Waals surface area contributed by atoms with Gasteiger partial charge in [0.05, 0.1) is 28.1 Å². The lowest BCUT2D eigenvalue weighted by Gasteiger charge is -2.11. The van der Waals surface area contributed by atoms with Crippen molar-refractivity contribution in [2.24, 2.45) is 0 Å². The molecule has 0 atom stereocenters. The maximum absolute atomic E-state index is 5.03. The van der Waals surface area contributed by atoms with E-state index in [2.05, 4.69) is 190 Å². The SMILES string of the molecule is C1=CCc2sc3c(-c4ccccn4)cccc3c2C=C1.CC.CC.c1ccc(-c2cccc(-c3cccc(-n4c5ccccc5c5ccc6[nH]c7ccccc7c6c54)c3)n2)cc1. The Labute approximate surface area is 367 Å². The average Bonchev–Trinajstić information content (AvgIpc) is 3.96.